The first-order valence-corrected chi connectivity index (χ1v) is 6.67. The minimum absolute atomic E-state index is 0.761. The van der Waals surface area contributed by atoms with Gasteiger partial charge in [-0.25, -0.2) is 0 Å². The molecule has 2 heterocycles. The van der Waals surface area contributed by atoms with Crippen molar-refractivity contribution in [3.63, 3.8) is 0 Å². The van der Waals surface area contributed by atoms with Crippen molar-refractivity contribution in [2.75, 3.05) is 7.05 Å². The molecule has 3 heteroatoms. The number of fused-ring (bicyclic) bond motifs is 1. The summed E-state index contributed by atoms with van der Waals surface area (Å²) in [4.78, 5) is 1.37. The second-order valence-electron chi connectivity index (χ2n) is 4.31. The third-order valence-corrected chi connectivity index (χ3v) is 4.00. The summed E-state index contributed by atoms with van der Waals surface area (Å²) in [5.74, 6) is 0. The fourth-order valence-corrected chi connectivity index (χ4v) is 3.06. The number of ether oxygens (including phenoxy) is 1. The van der Waals surface area contributed by atoms with E-state index in [9.17, 15) is 0 Å². The van der Waals surface area contributed by atoms with Gasteiger partial charge < -0.3 is 10.1 Å². The normalized spacial score (nSPS) is 13.9. The first kappa shape index (κ1) is 11.0. The Morgan fingerprint density at radius 2 is 2.06 bits per heavy atom. The molecule has 3 rings (SSSR count). The van der Waals surface area contributed by atoms with Gasteiger partial charge in [0.1, 0.15) is 0 Å². The van der Waals surface area contributed by atoms with Crippen LogP contribution in [0.1, 0.15) is 16.0 Å². The van der Waals surface area contributed by atoms with Gasteiger partial charge in [0.05, 0.1) is 13.2 Å². The monoisotopic (exact) mass is 245 g/mol. The summed E-state index contributed by atoms with van der Waals surface area (Å²) in [6.07, 6.45) is 0. The number of benzene rings is 1. The molecule has 0 saturated carbocycles. The zero-order chi connectivity index (χ0) is 11.7. The standard InChI is InChI=1S/C14H15NOS/c1-15-6-14-5-13(9-17-14)10-2-3-11-7-16-8-12(11)4-10/h2-5,9,15H,6-8H2,1H3. The molecular weight excluding hydrogens is 230 g/mol. The van der Waals surface area contributed by atoms with Gasteiger partial charge >= 0.3 is 0 Å². The predicted octanol–water partition coefficient (Wildman–Crippen LogP) is 3.16. The molecule has 0 amide bonds. The molecule has 0 saturated heterocycles. The molecule has 0 unspecified atom stereocenters. The second-order valence-corrected chi connectivity index (χ2v) is 5.30. The summed E-state index contributed by atoms with van der Waals surface area (Å²) in [6.45, 7) is 2.47. The fraction of sp³-hybridized carbons (Fsp3) is 0.286. The van der Waals surface area contributed by atoms with Crippen molar-refractivity contribution in [2.45, 2.75) is 19.8 Å². The number of nitrogens with one attached hydrogen (secondary N) is 1. The number of thiophene rings is 1. The Labute approximate surface area is 105 Å². The van der Waals surface area contributed by atoms with Gasteiger partial charge in [0.15, 0.2) is 0 Å². The van der Waals surface area contributed by atoms with Gasteiger partial charge in [-0.05, 0) is 46.8 Å². The van der Waals surface area contributed by atoms with Crippen LogP contribution >= 0.6 is 11.3 Å². The SMILES string of the molecule is CNCc1cc(-c2ccc3c(c2)COC3)cs1. The smallest absolute Gasteiger partial charge is 0.0725 e. The Morgan fingerprint density at radius 1 is 1.18 bits per heavy atom. The maximum absolute atomic E-state index is 5.44. The maximum atomic E-state index is 5.44. The predicted molar refractivity (Wildman–Crippen MR) is 71.0 cm³/mol. The van der Waals surface area contributed by atoms with Gasteiger partial charge in [-0.3, -0.25) is 0 Å². The van der Waals surface area contributed by atoms with Crippen LogP contribution in [0.5, 0.6) is 0 Å². The van der Waals surface area contributed by atoms with Crippen LogP contribution in [0.15, 0.2) is 29.6 Å². The van der Waals surface area contributed by atoms with Crippen LogP contribution in [0.2, 0.25) is 0 Å². The third-order valence-electron chi connectivity index (χ3n) is 3.06. The maximum Gasteiger partial charge on any atom is 0.0725 e. The minimum Gasteiger partial charge on any atom is -0.372 e. The van der Waals surface area contributed by atoms with Crippen LogP contribution in [0, 0.1) is 0 Å². The van der Waals surface area contributed by atoms with E-state index in [-0.39, 0.29) is 0 Å². The molecule has 0 spiro atoms. The first-order valence-electron chi connectivity index (χ1n) is 5.79. The highest BCUT2D eigenvalue weighted by Crippen LogP contribution is 2.29. The average molecular weight is 245 g/mol. The van der Waals surface area contributed by atoms with Crippen LogP contribution in [0.25, 0.3) is 11.1 Å². The van der Waals surface area contributed by atoms with Crippen molar-refractivity contribution in [1.82, 2.24) is 5.32 Å². The highest BCUT2D eigenvalue weighted by atomic mass is 32.1. The first-order chi connectivity index (χ1) is 8.36. The number of hydrogen-bond donors (Lipinski definition) is 1. The van der Waals surface area contributed by atoms with Gasteiger partial charge in [0.2, 0.25) is 0 Å². The Kier molecular flexibility index (Phi) is 2.97. The van der Waals surface area contributed by atoms with E-state index in [0.29, 0.717) is 0 Å². The van der Waals surface area contributed by atoms with Gasteiger partial charge in [0.25, 0.3) is 0 Å². The largest absolute Gasteiger partial charge is 0.372 e. The lowest BCUT2D eigenvalue weighted by Gasteiger charge is -2.01. The molecule has 1 aliphatic rings. The van der Waals surface area contributed by atoms with E-state index in [1.54, 1.807) is 0 Å². The summed E-state index contributed by atoms with van der Waals surface area (Å²) in [6, 6.07) is 8.90. The van der Waals surface area contributed by atoms with Crippen molar-refractivity contribution < 1.29 is 4.74 Å². The van der Waals surface area contributed by atoms with Crippen LogP contribution in [0.4, 0.5) is 0 Å². The Balaban J connectivity index is 1.92. The van der Waals surface area contributed by atoms with Crippen molar-refractivity contribution >= 4 is 11.3 Å². The van der Waals surface area contributed by atoms with Crippen molar-refractivity contribution in [3.8, 4) is 11.1 Å². The Hall–Kier alpha value is -1.16. The van der Waals surface area contributed by atoms with E-state index in [4.69, 9.17) is 4.74 Å². The number of hydrogen-bond acceptors (Lipinski definition) is 3. The van der Waals surface area contributed by atoms with E-state index >= 15 is 0 Å². The van der Waals surface area contributed by atoms with Gasteiger partial charge in [0, 0.05) is 11.4 Å². The molecule has 0 aliphatic carbocycles. The molecule has 2 nitrogen and oxygen atoms in total. The fourth-order valence-electron chi connectivity index (χ4n) is 2.15. The average Bonchev–Trinajstić information content (AvgIpc) is 2.96. The Morgan fingerprint density at radius 3 is 2.94 bits per heavy atom. The van der Waals surface area contributed by atoms with E-state index < -0.39 is 0 Å². The zero-order valence-electron chi connectivity index (χ0n) is 9.82. The molecule has 0 fully saturated rings. The highest BCUT2D eigenvalue weighted by molar-refractivity contribution is 7.10. The van der Waals surface area contributed by atoms with Crippen molar-refractivity contribution in [2.24, 2.45) is 0 Å². The van der Waals surface area contributed by atoms with Gasteiger partial charge in [-0.2, -0.15) is 0 Å². The molecule has 0 atom stereocenters. The van der Waals surface area contributed by atoms with Crippen molar-refractivity contribution in [3.05, 3.63) is 45.6 Å². The molecule has 88 valence electrons. The lowest BCUT2D eigenvalue weighted by Crippen LogP contribution is -2.02. The lowest BCUT2D eigenvalue weighted by atomic mass is 10.0. The summed E-state index contributed by atoms with van der Waals surface area (Å²) < 4.78 is 5.44. The third kappa shape index (κ3) is 2.14. The summed E-state index contributed by atoms with van der Waals surface area (Å²) in [5, 5.41) is 5.41. The minimum atomic E-state index is 0.761. The Bertz CT molecular complexity index is 533. The molecule has 17 heavy (non-hydrogen) atoms. The summed E-state index contributed by atoms with van der Waals surface area (Å²) >= 11 is 1.81. The van der Waals surface area contributed by atoms with E-state index in [1.165, 1.54) is 27.1 Å². The second kappa shape index (κ2) is 4.61. The molecular formula is C14H15NOS. The molecule has 1 aromatic carbocycles. The van der Waals surface area contributed by atoms with Gasteiger partial charge in [-0.15, -0.1) is 11.3 Å². The van der Waals surface area contributed by atoms with Crippen LogP contribution in [-0.2, 0) is 24.5 Å². The molecule has 0 bridgehead atoms. The lowest BCUT2D eigenvalue weighted by molar-refractivity contribution is 0.134. The summed E-state index contributed by atoms with van der Waals surface area (Å²) in [7, 11) is 1.98. The van der Waals surface area contributed by atoms with Crippen LogP contribution < -0.4 is 5.32 Å². The van der Waals surface area contributed by atoms with Gasteiger partial charge in [-0.1, -0.05) is 12.1 Å². The number of rotatable bonds is 3. The molecule has 1 N–H and O–H groups in total. The van der Waals surface area contributed by atoms with Crippen LogP contribution in [-0.4, -0.2) is 7.05 Å². The van der Waals surface area contributed by atoms with Crippen molar-refractivity contribution in [1.29, 1.82) is 0 Å². The highest BCUT2D eigenvalue weighted by Gasteiger charge is 2.12. The summed E-state index contributed by atoms with van der Waals surface area (Å²) in [5.41, 5.74) is 5.28. The molecule has 2 aromatic rings. The topological polar surface area (TPSA) is 21.3 Å². The van der Waals surface area contributed by atoms with Crippen LogP contribution in [0.3, 0.4) is 0 Å². The molecule has 1 aliphatic heterocycles. The molecule has 0 radical (unpaired) electrons. The zero-order valence-corrected chi connectivity index (χ0v) is 10.6. The van der Waals surface area contributed by atoms with E-state index in [1.807, 2.05) is 18.4 Å². The van der Waals surface area contributed by atoms with E-state index in [0.717, 1.165) is 19.8 Å². The quantitative estimate of drug-likeness (QED) is 0.897. The molecule has 1 aromatic heterocycles. The van der Waals surface area contributed by atoms with E-state index in [2.05, 4.69) is 35.0 Å².